The predicted molar refractivity (Wildman–Crippen MR) is 105 cm³/mol. The van der Waals surface area contributed by atoms with Crippen molar-refractivity contribution in [2.45, 2.75) is 51.4 Å². The summed E-state index contributed by atoms with van der Waals surface area (Å²) < 4.78 is 15.2. The maximum Gasteiger partial charge on any atom is 0.274 e. The highest BCUT2D eigenvalue weighted by atomic mass is 35.5. The van der Waals surface area contributed by atoms with Crippen molar-refractivity contribution in [2.24, 2.45) is 0 Å². The highest BCUT2D eigenvalue weighted by Crippen LogP contribution is 2.41. The Morgan fingerprint density at radius 3 is 2.69 bits per heavy atom. The first kappa shape index (κ1) is 18.5. The van der Waals surface area contributed by atoms with Crippen LogP contribution >= 0.6 is 11.6 Å². The molecule has 2 aliphatic heterocycles. The van der Waals surface area contributed by atoms with Crippen LogP contribution in [0.5, 0.6) is 5.75 Å². The van der Waals surface area contributed by atoms with Gasteiger partial charge in [-0.3, -0.25) is 9.59 Å². The summed E-state index contributed by atoms with van der Waals surface area (Å²) in [6, 6.07) is 4.65. The van der Waals surface area contributed by atoms with Crippen molar-refractivity contribution >= 4 is 23.4 Å². The molecule has 0 spiro atoms. The molecule has 1 fully saturated rings. The smallest absolute Gasteiger partial charge is 0.274 e. The number of hydrogen-bond donors (Lipinski definition) is 1. The van der Waals surface area contributed by atoms with Crippen molar-refractivity contribution < 1.29 is 19.1 Å². The minimum atomic E-state index is -0.506. The zero-order chi connectivity index (χ0) is 20.4. The molecule has 2 aromatic rings. The molecule has 1 aliphatic carbocycles. The highest BCUT2D eigenvalue weighted by molar-refractivity contribution is 6.30. The molecular weight excluding hydrogens is 397 g/mol. The molecule has 152 valence electrons. The van der Waals surface area contributed by atoms with E-state index in [-0.39, 0.29) is 52.5 Å². The Labute approximate surface area is 172 Å². The maximum absolute atomic E-state index is 13.4. The van der Waals surface area contributed by atoms with Gasteiger partial charge in [-0.1, -0.05) is 17.7 Å². The monoisotopic (exact) mass is 417 g/mol. The predicted octanol–water partition coefficient (Wildman–Crippen LogP) is 3.19. The maximum atomic E-state index is 13.4. The fourth-order valence-corrected chi connectivity index (χ4v) is 4.82. The summed E-state index contributed by atoms with van der Waals surface area (Å²) >= 11 is 5.85. The molecule has 29 heavy (non-hydrogen) atoms. The SMILES string of the molecule is C[C@@H]1Cn2c3c(c(O)c2C(=O)N1C1CC1)C(=O)N(Cc1ccc(F)c(Cl)c1)CC3. The minimum Gasteiger partial charge on any atom is -0.505 e. The molecule has 5 rings (SSSR count). The second-order valence-corrected chi connectivity index (χ2v) is 8.55. The zero-order valence-electron chi connectivity index (χ0n) is 16.0. The molecule has 0 radical (unpaired) electrons. The van der Waals surface area contributed by atoms with E-state index in [2.05, 4.69) is 0 Å². The average Bonchev–Trinajstić information content (AvgIpc) is 3.45. The van der Waals surface area contributed by atoms with Crippen LogP contribution in [0.4, 0.5) is 4.39 Å². The fraction of sp³-hybridized carbons (Fsp3) is 0.429. The van der Waals surface area contributed by atoms with E-state index < -0.39 is 5.82 Å². The van der Waals surface area contributed by atoms with Gasteiger partial charge in [0, 0.05) is 43.8 Å². The molecule has 8 heteroatoms. The Morgan fingerprint density at radius 1 is 1.24 bits per heavy atom. The normalized spacial score (nSPS) is 21.4. The van der Waals surface area contributed by atoms with Gasteiger partial charge in [0.25, 0.3) is 11.8 Å². The lowest BCUT2D eigenvalue weighted by atomic mass is 10.0. The third-order valence-corrected chi connectivity index (χ3v) is 6.41. The van der Waals surface area contributed by atoms with Crippen molar-refractivity contribution in [2.75, 3.05) is 6.54 Å². The third-order valence-electron chi connectivity index (χ3n) is 6.12. The van der Waals surface area contributed by atoms with Crippen molar-refractivity contribution in [3.63, 3.8) is 0 Å². The summed E-state index contributed by atoms with van der Waals surface area (Å²) in [6.45, 7) is 3.31. The standard InChI is InChI=1S/C21H21ClFN3O3/c1-11-9-25-16-6-7-24(10-12-2-5-15(23)14(22)8-12)20(28)17(16)19(27)18(25)21(29)26(11)13-3-4-13/h2,5,8,11,13,27H,3-4,6-7,9-10H2,1H3/t11-/m1/s1. The van der Waals surface area contributed by atoms with Crippen molar-refractivity contribution in [1.29, 1.82) is 0 Å². The lowest BCUT2D eigenvalue weighted by Crippen LogP contribution is -2.48. The largest absolute Gasteiger partial charge is 0.505 e. The number of amides is 2. The van der Waals surface area contributed by atoms with Gasteiger partial charge in [0.15, 0.2) is 11.4 Å². The Hall–Kier alpha value is -2.54. The summed E-state index contributed by atoms with van der Waals surface area (Å²) in [4.78, 5) is 29.7. The Bertz CT molecular complexity index is 1050. The fourth-order valence-electron chi connectivity index (χ4n) is 4.62. The Balaban J connectivity index is 1.48. The van der Waals surface area contributed by atoms with E-state index in [1.807, 2.05) is 16.4 Å². The second-order valence-electron chi connectivity index (χ2n) is 8.15. The lowest BCUT2D eigenvalue weighted by Gasteiger charge is -2.35. The molecule has 1 aromatic heterocycles. The zero-order valence-corrected chi connectivity index (χ0v) is 16.7. The average molecular weight is 418 g/mol. The molecule has 3 heterocycles. The van der Waals surface area contributed by atoms with E-state index in [1.165, 1.54) is 12.1 Å². The third kappa shape index (κ3) is 2.82. The topological polar surface area (TPSA) is 65.8 Å². The molecule has 1 aromatic carbocycles. The van der Waals surface area contributed by atoms with Crippen LogP contribution < -0.4 is 0 Å². The van der Waals surface area contributed by atoms with Gasteiger partial charge in [0.2, 0.25) is 0 Å². The van der Waals surface area contributed by atoms with Crippen molar-refractivity contribution in [3.8, 4) is 5.75 Å². The number of fused-ring (bicyclic) bond motifs is 3. The molecule has 1 saturated carbocycles. The number of aromatic nitrogens is 1. The van der Waals surface area contributed by atoms with E-state index in [9.17, 15) is 19.1 Å². The molecule has 0 saturated heterocycles. The van der Waals surface area contributed by atoms with Gasteiger partial charge in [-0.2, -0.15) is 0 Å². The number of hydrogen-bond acceptors (Lipinski definition) is 3. The first-order valence-corrected chi connectivity index (χ1v) is 10.2. The summed E-state index contributed by atoms with van der Waals surface area (Å²) in [6.07, 6.45) is 2.53. The van der Waals surface area contributed by atoms with Crippen molar-refractivity contribution in [3.05, 3.63) is 51.6 Å². The van der Waals surface area contributed by atoms with Gasteiger partial charge in [0.1, 0.15) is 11.4 Å². The number of rotatable bonds is 3. The van der Waals surface area contributed by atoms with Crippen LogP contribution in [0.2, 0.25) is 5.02 Å². The van der Waals surface area contributed by atoms with Gasteiger partial charge >= 0.3 is 0 Å². The number of benzene rings is 1. The number of nitrogens with zero attached hydrogens (tertiary/aromatic N) is 3. The van der Waals surface area contributed by atoms with E-state index in [0.717, 1.165) is 18.5 Å². The summed E-state index contributed by atoms with van der Waals surface area (Å²) in [7, 11) is 0. The number of aromatic hydroxyl groups is 1. The Morgan fingerprint density at radius 2 is 2.00 bits per heavy atom. The van der Waals surface area contributed by atoms with Crippen LogP contribution in [0, 0.1) is 5.82 Å². The van der Waals surface area contributed by atoms with Crippen LogP contribution in [-0.2, 0) is 19.5 Å². The number of carbonyl (C=O) groups is 2. The number of halogens is 2. The van der Waals surface area contributed by atoms with Gasteiger partial charge in [-0.15, -0.1) is 0 Å². The summed E-state index contributed by atoms with van der Waals surface area (Å²) in [5.41, 5.74) is 1.89. The van der Waals surface area contributed by atoms with Gasteiger partial charge in [-0.05, 0) is 37.5 Å². The van der Waals surface area contributed by atoms with E-state index in [4.69, 9.17) is 11.6 Å². The van der Waals surface area contributed by atoms with E-state index in [0.29, 0.717) is 25.1 Å². The molecule has 1 atom stereocenters. The van der Waals surface area contributed by atoms with Gasteiger partial charge in [0.05, 0.1) is 5.02 Å². The summed E-state index contributed by atoms with van der Waals surface area (Å²) in [5.74, 6) is -1.23. The molecule has 3 aliphatic rings. The van der Waals surface area contributed by atoms with Crippen LogP contribution in [0.1, 0.15) is 51.9 Å². The van der Waals surface area contributed by atoms with Gasteiger partial charge < -0.3 is 19.5 Å². The molecule has 0 bridgehead atoms. The molecule has 1 N–H and O–H groups in total. The second kappa shape index (κ2) is 6.49. The van der Waals surface area contributed by atoms with Crippen LogP contribution in [0.25, 0.3) is 0 Å². The lowest BCUT2D eigenvalue weighted by molar-refractivity contribution is 0.0586. The van der Waals surface area contributed by atoms with E-state index in [1.54, 1.807) is 11.0 Å². The Kier molecular flexibility index (Phi) is 4.13. The van der Waals surface area contributed by atoms with Crippen LogP contribution in [0.3, 0.4) is 0 Å². The molecule has 2 amide bonds. The van der Waals surface area contributed by atoms with Gasteiger partial charge in [-0.25, -0.2) is 4.39 Å². The first-order chi connectivity index (χ1) is 13.9. The molecular formula is C21H21ClFN3O3. The first-order valence-electron chi connectivity index (χ1n) is 9.87. The summed E-state index contributed by atoms with van der Waals surface area (Å²) in [5, 5.41) is 10.9. The molecule has 6 nitrogen and oxygen atoms in total. The number of carbonyl (C=O) groups excluding carboxylic acids is 2. The quantitative estimate of drug-likeness (QED) is 0.834. The molecule has 0 unspecified atom stereocenters. The van der Waals surface area contributed by atoms with Crippen molar-refractivity contribution in [1.82, 2.24) is 14.4 Å². The highest BCUT2D eigenvalue weighted by Gasteiger charge is 2.45. The van der Waals surface area contributed by atoms with Crippen LogP contribution in [-0.4, -0.2) is 49.9 Å². The minimum absolute atomic E-state index is 0.00887. The van der Waals surface area contributed by atoms with E-state index >= 15 is 0 Å². The van der Waals surface area contributed by atoms with Crippen LogP contribution in [0.15, 0.2) is 18.2 Å².